The minimum atomic E-state index is 0. The Kier molecular flexibility index (Phi) is 7.60. The monoisotopic (exact) mass is 483 g/mol. The topological polar surface area (TPSA) is 67.4 Å². The first-order valence-electron chi connectivity index (χ1n) is 9.91. The van der Waals surface area contributed by atoms with E-state index in [-0.39, 0.29) is 24.0 Å². The number of nitrogens with zero attached hydrogens (tertiary/aromatic N) is 3. The van der Waals surface area contributed by atoms with E-state index >= 15 is 0 Å². The molecule has 0 spiro atoms. The number of nitrogens with one attached hydrogen (secondary N) is 2. The third kappa shape index (κ3) is 5.73. The minimum Gasteiger partial charge on any atom is -0.469 e. The number of aromatic nitrogens is 2. The van der Waals surface area contributed by atoms with Gasteiger partial charge in [0.25, 0.3) is 0 Å². The van der Waals surface area contributed by atoms with E-state index < -0.39 is 0 Å². The van der Waals surface area contributed by atoms with E-state index in [9.17, 15) is 0 Å². The van der Waals surface area contributed by atoms with Crippen molar-refractivity contribution in [1.82, 2.24) is 20.4 Å². The van der Waals surface area contributed by atoms with Gasteiger partial charge in [-0.1, -0.05) is 6.42 Å². The Morgan fingerprint density at radius 2 is 2.26 bits per heavy atom. The van der Waals surface area contributed by atoms with Crippen molar-refractivity contribution >= 4 is 29.9 Å². The summed E-state index contributed by atoms with van der Waals surface area (Å²) in [7, 11) is 0. The molecule has 2 N–H and O–H groups in total. The number of fused-ring (bicyclic) bond motifs is 2. The average molecular weight is 483 g/mol. The quantitative estimate of drug-likeness (QED) is 0.261. The van der Waals surface area contributed by atoms with Crippen molar-refractivity contribution in [2.45, 2.75) is 51.1 Å². The molecule has 2 aromatic rings. The number of hydrogen-bond acceptors (Lipinski definition) is 3. The van der Waals surface area contributed by atoms with E-state index in [1.54, 1.807) is 6.26 Å². The second-order valence-electron chi connectivity index (χ2n) is 7.53. The highest BCUT2D eigenvalue weighted by Crippen LogP contribution is 2.44. The van der Waals surface area contributed by atoms with Crippen LogP contribution in [-0.4, -0.2) is 34.9 Å². The zero-order valence-electron chi connectivity index (χ0n) is 15.7. The molecule has 2 bridgehead atoms. The van der Waals surface area contributed by atoms with Gasteiger partial charge in [0.1, 0.15) is 5.76 Å². The van der Waals surface area contributed by atoms with E-state index in [2.05, 4.69) is 15.7 Å². The van der Waals surface area contributed by atoms with Crippen LogP contribution in [0.25, 0.3) is 0 Å². The molecule has 0 radical (unpaired) electrons. The van der Waals surface area contributed by atoms with Gasteiger partial charge in [0, 0.05) is 44.5 Å². The number of aliphatic imine (C=N–C) groups is 1. The van der Waals surface area contributed by atoms with Crippen LogP contribution in [0.1, 0.15) is 37.9 Å². The molecule has 2 aromatic heterocycles. The maximum absolute atomic E-state index is 5.42. The van der Waals surface area contributed by atoms with Crippen LogP contribution in [-0.2, 0) is 13.0 Å². The molecule has 27 heavy (non-hydrogen) atoms. The van der Waals surface area contributed by atoms with Gasteiger partial charge in [-0.3, -0.25) is 9.67 Å². The number of guanidine groups is 1. The number of aryl methyl sites for hydroxylation is 1. The van der Waals surface area contributed by atoms with E-state index in [1.165, 1.54) is 25.7 Å². The molecule has 3 unspecified atom stereocenters. The Hall–Kier alpha value is -1.51. The molecule has 2 aliphatic carbocycles. The minimum absolute atomic E-state index is 0. The highest BCUT2D eigenvalue weighted by atomic mass is 127. The van der Waals surface area contributed by atoms with E-state index in [1.807, 2.05) is 35.3 Å². The predicted octanol–water partition coefficient (Wildman–Crippen LogP) is 3.45. The average Bonchev–Trinajstić information content (AvgIpc) is 3.44. The molecule has 148 valence electrons. The number of hydrogen-bond donors (Lipinski definition) is 2. The summed E-state index contributed by atoms with van der Waals surface area (Å²) in [6, 6.07) is 6.51. The van der Waals surface area contributed by atoms with Gasteiger partial charge in [0.05, 0.1) is 6.26 Å². The molecule has 2 heterocycles. The molecule has 7 heteroatoms. The van der Waals surface area contributed by atoms with Gasteiger partial charge in [-0.05, 0) is 55.7 Å². The second-order valence-corrected chi connectivity index (χ2v) is 7.53. The molecule has 0 saturated heterocycles. The predicted molar refractivity (Wildman–Crippen MR) is 117 cm³/mol. The molecule has 2 saturated carbocycles. The summed E-state index contributed by atoms with van der Waals surface area (Å²) in [6.45, 7) is 2.54. The molecule has 0 amide bonds. The number of furan rings is 1. The van der Waals surface area contributed by atoms with Gasteiger partial charge >= 0.3 is 0 Å². The van der Waals surface area contributed by atoms with Crippen molar-refractivity contribution in [2.24, 2.45) is 16.8 Å². The van der Waals surface area contributed by atoms with Crippen molar-refractivity contribution in [1.29, 1.82) is 0 Å². The van der Waals surface area contributed by atoms with Crippen LogP contribution < -0.4 is 10.6 Å². The first-order valence-corrected chi connectivity index (χ1v) is 9.91. The van der Waals surface area contributed by atoms with Crippen LogP contribution in [0.15, 0.2) is 46.3 Å². The molecule has 6 nitrogen and oxygen atoms in total. The Morgan fingerprint density at radius 3 is 2.96 bits per heavy atom. The van der Waals surface area contributed by atoms with Crippen LogP contribution in [0.5, 0.6) is 0 Å². The molecule has 2 aliphatic rings. The normalized spacial score (nSPS) is 24.0. The first-order chi connectivity index (χ1) is 12.9. The van der Waals surface area contributed by atoms with Crippen LogP contribution in [0, 0.1) is 11.8 Å². The summed E-state index contributed by atoms with van der Waals surface area (Å²) in [4.78, 5) is 4.81. The fourth-order valence-corrected chi connectivity index (χ4v) is 4.36. The Bertz CT molecular complexity index is 685. The zero-order chi connectivity index (χ0) is 17.6. The zero-order valence-corrected chi connectivity index (χ0v) is 18.0. The highest BCUT2D eigenvalue weighted by molar-refractivity contribution is 14.0. The second kappa shape index (κ2) is 10.1. The molecular formula is C20H30IN5O. The summed E-state index contributed by atoms with van der Waals surface area (Å²) in [5.41, 5.74) is 0. The number of rotatable bonds is 8. The Labute approximate surface area is 178 Å². The number of halogens is 1. The Morgan fingerprint density at radius 1 is 1.30 bits per heavy atom. The van der Waals surface area contributed by atoms with E-state index in [4.69, 9.17) is 9.41 Å². The van der Waals surface area contributed by atoms with Crippen molar-refractivity contribution in [3.63, 3.8) is 0 Å². The summed E-state index contributed by atoms with van der Waals surface area (Å²) >= 11 is 0. The van der Waals surface area contributed by atoms with Gasteiger partial charge in [-0.25, -0.2) is 0 Å². The van der Waals surface area contributed by atoms with Gasteiger partial charge in [0.15, 0.2) is 5.96 Å². The first kappa shape index (κ1) is 20.2. The van der Waals surface area contributed by atoms with E-state index in [0.717, 1.165) is 56.0 Å². The van der Waals surface area contributed by atoms with Crippen molar-refractivity contribution in [3.8, 4) is 0 Å². The van der Waals surface area contributed by atoms with Crippen LogP contribution >= 0.6 is 24.0 Å². The summed E-state index contributed by atoms with van der Waals surface area (Å²) < 4.78 is 7.38. The van der Waals surface area contributed by atoms with Crippen LogP contribution in [0.4, 0.5) is 0 Å². The maximum atomic E-state index is 5.42. The van der Waals surface area contributed by atoms with Gasteiger partial charge < -0.3 is 15.1 Å². The highest BCUT2D eigenvalue weighted by Gasteiger charge is 2.39. The third-order valence-corrected chi connectivity index (χ3v) is 5.68. The lowest BCUT2D eigenvalue weighted by atomic mass is 9.95. The van der Waals surface area contributed by atoms with Crippen LogP contribution in [0.2, 0.25) is 0 Å². The van der Waals surface area contributed by atoms with E-state index in [0.29, 0.717) is 6.04 Å². The van der Waals surface area contributed by atoms with Gasteiger partial charge in [0.2, 0.25) is 0 Å². The molecule has 0 aliphatic heterocycles. The largest absolute Gasteiger partial charge is 0.469 e. The SMILES string of the molecule is I.c1coc(CCNC(=NCCCn2cccn2)NC2CC3CCC2C3)c1. The van der Waals surface area contributed by atoms with Crippen molar-refractivity contribution in [3.05, 3.63) is 42.6 Å². The van der Waals surface area contributed by atoms with Crippen molar-refractivity contribution < 1.29 is 4.42 Å². The van der Waals surface area contributed by atoms with Crippen LogP contribution in [0.3, 0.4) is 0 Å². The molecule has 2 fully saturated rings. The summed E-state index contributed by atoms with van der Waals surface area (Å²) in [6.07, 6.45) is 12.9. The smallest absolute Gasteiger partial charge is 0.191 e. The maximum Gasteiger partial charge on any atom is 0.191 e. The molecular weight excluding hydrogens is 453 g/mol. The lowest BCUT2D eigenvalue weighted by Gasteiger charge is -2.25. The van der Waals surface area contributed by atoms with Gasteiger partial charge in [-0.15, -0.1) is 24.0 Å². The third-order valence-electron chi connectivity index (χ3n) is 5.68. The van der Waals surface area contributed by atoms with Crippen molar-refractivity contribution in [2.75, 3.05) is 13.1 Å². The standard InChI is InChI=1S/C20H29N5O.HI/c1-4-18(26-13-1)7-10-22-20(21-8-2-11-25-12-3-9-23-25)24-19-15-16-5-6-17(19)14-16;/h1,3-4,9,12-13,16-17,19H,2,5-8,10-11,14-15H2,(H2,21,22,24);1H. The summed E-state index contributed by atoms with van der Waals surface area (Å²) in [5.74, 6) is 3.73. The van der Waals surface area contributed by atoms with Gasteiger partial charge in [-0.2, -0.15) is 5.10 Å². The lowest BCUT2D eigenvalue weighted by Crippen LogP contribution is -2.46. The fraction of sp³-hybridized carbons (Fsp3) is 0.600. The molecule has 4 rings (SSSR count). The molecule has 3 atom stereocenters. The molecule has 0 aromatic carbocycles. The summed E-state index contributed by atoms with van der Waals surface area (Å²) in [5, 5.41) is 11.4. The lowest BCUT2D eigenvalue weighted by molar-refractivity contribution is 0.387. The fourth-order valence-electron chi connectivity index (χ4n) is 4.36. The Balaban J connectivity index is 0.00000210.